The Morgan fingerprint density at radius 3 is 2.40 bits per heavy atom. The summed E-state index contributed by atoms with van der Waals surface area (Å²) >= 11 is 1.37. The number of rotatable bonds is 9. The number of hydrogen-bond acceptors (Lipinski definition) is 8. The Hall–Kier alpha value is -2.95. The van der Waals surface area contributed by atoms with Crippen molar-refractivity contribution in [3.05, 3.63) is 48.0 Å². The average Bonchev–Trinajstić information content (AvgIpc) is 2.88. The quantitative estimate of drug-likeness (QED) is 0.482. The second-order valence-electron chi connectivity index (χ2n) is 8.60. The van der Waals surface area contributed by atoms with Crippen LogP contribution in [-0.4, -0.2) is 68.4 Å². The second-order valence-corrected chi connectivity index (χ2v) is 9.69. The predicted molar refractivity (Wildman–Crippen MR) is 136 cm³/mol. The van der Waals surface area contributed by atoms with E-state index in [4.69, 9.17) is 14.2 Å². The molecule has 3 unspecified atom stereocenters. The molecule has 0 bridgehead atoms. The third-order valence-electron chi connectivity index (χ3n) is 6.25. The van der Waals surface area contributed by atoms with E-state index in [1.807, 2.05) is 12.1 Å². The molecule has 2 heterocycles. The highest BCUT2D eigenvalue weighted by Gasteiger charge is 2.40. The summed E-state index contributed by atoms with van der Waals surface area (Å²) in [6.07, 6.45) is 0.876. The molecule has 2 aliphatic heterocycles. The highest BCUT2D eigenvalue weighted by molar-refractivity contribution is 8.00. The fourth-order valence-corrected chi connectivity index (χ4v) is 5.28. The maximum atomic E-state index is 12.9. The van der Waals surface area contributed by atoms with Gasteiger partial charge in [-0.15, -0.1) is 11.8 Å². The first-order valence-corrected chi connectivity index (χ1v) is 12.6. The number of thioether (sulfide) groups is 1. The molecule has 0 saturated carbocycles. The zero-order valence-corrected chi connectivity index (χ0v) is 21.0. The van der Waals surface area contributed by atoms with Crippen LogP contribution >= 0.6 is 11.8 Å². The maximum absolute atomic E-state index is 12.9. The van der Waals surface area contributed by atoms with Crippen LogP contribution in [0.15, 0.2) is 42.5 Å². The molecule has 188 valence electrons. The number of fused-ring (bicyclic) bond motifs is 1. The summed E-state index contributed by atoms with van der Waals surface area (Å²) in [6.45, 7) is 2.40. The molecule has 2 saturated heterocycles. The van der Waals surface area contributed by atoms with E-state index in [1.54, 1.807) is 39.5 Å². The molecular formula is C25H32N4O5S. The first-order chi connectivity index (χ1) is 17.0. The third-order valence-corrected chi connectivity index (χ3v) is 7.27. The van der Waals surface area contributed by atoms with Gasteiger partial charge in [0.05, 0.1) is 33.0 Å². The molecule has 4 rings (SSSR count). The van der Waals surface area contributed by atoms with Crippen LogP contribution in [0.3, 0.4) is 0 Å². The van der Waals surface area contributed by atoms with Gasteiger partial charge in [0.15, 0.2) is 0 Å². The van der Waals surface area contributed by atoms with Crippen molar-refractivity contribution in [1.82, 2.24) is 15.5 Å². The fraction of sp³-hybridized carbons (Fsp3) is 0.440. The van der Waals surface area contributed by atoms with Gasteiger partial charge in [-0.1, -0.05) is 12.1 Å². The standard InChI is InChI=1S/C25H32N4O5S/c1-32-18-6-4-16(5-7-18)13-29-9-8-22-21(14-29)24(31)28-25(27-22)35-15-23(30)26-17-10-19(33-2)12-20(11-17)34-3/h4-7,10-12,21-22,25,27H,8-9,13-15H2,1-3H3,(H,26,30)(H,28,31). The average molecular weight is 501 g/mol. The Labute approximate surface area is 209 Å². The molecule has 0 spiro atoms. The number of methoxy groups -OCH3 is 3. The van der Waals surface area contributed by atoms with Gasteiger partial charge in [-0.25, -0.2) is 0 Å². The molecule has 0 aromatic heterocycles. The number of ether oxygens (including phenoxy) is 3. The van der Waals surface area contributed by atoms with Crippen molar-refractivity contribution in [2.75, 3.05) is 45.5 Å². The van der Waals surface area contributed by atoms with Gasteiger partial charge in [0.25, 0.3) is 0 Å². The molecule has 2 amide bonds. The normalized spacial score (nSPS) is 22.0. The van der Waals surface area contributed by atoms with Gasteiger partial charge >= 0.3 is 0 Å². The monoisotopic (exact) mass is 500 g/mol. The molecule has 2 aliphatic rings. The topological polar surface area (TPSA) is 101 Å². The van der Waals surface area contributed by atoms with Gasteiger partial charge in [-0.05, 0) is 24.1 Å². The summed E-state index contributed by atoms with van der Waals surface area (Å²) < 4.78 is 15.7. The lowest BCUT2D eigenvalue weighted by Crippen LogP contribution is -2.64. The first kappa shape index (κ1) is 25.2. The lowest BCUT2D eigenvalue weighted by molar-refractivity contribution is -0.130. The molecular weight excluding hydrogens is 468 g/mol. The number of carbonyl (C=O) groups is 2. The highest BCUT2D eigenvalue weighted by Crippen LogP contribution is 2.27. The van der Waals surface area contributed by atoms with E-state index in [0.717, 1.165) is 25.3 Å². The Morgan fingerprint density at radius 1 is 1.06 bits per heavy atom. The largest absolute Gasteiger partial charge is 0.497 e. The summed E-state index contributed by atoms with van der Waals surface area (Å²) in [4.78, 5) is 27.7. The minimum Gasteiger partial charge on any atom is -0.497 e. The van der Waals surface area contributed by atoms with Crippen LogP contribution in [-0.2, 0) is 16.1 Å². The van der Waals surface area contributed by atoms with Crippen LogP contribution in [0.2, 0.25) is 0 Å². The number of nitrogens with one attached hydrogen (secondary N) is 3. The summed E-state index contributed by atoms with van der Waals surface area (Å²) in [5.41, 5.74) is 1.49. The van der Waals surface area contributed by atoms with Gasteiger partial charge in [0.2, 0.25) is 11.8 Å². The predicted octanol–water partition coefficient (Wildman–Crippen LogP) is 2.28. The Morgan fingerprint density at radius 2 is 1.74 bits per heavy atom. The summed E-state index contributed by atoms with van der Waals surface area (Å²) in [7, 11) is 4.78. The summed E-state index contributed by atoms with van der Waals surface area (Å²) in [6, 6.07) is 13.3. The number of anilines is 1. The molecule has 3 atom stereocenters. The van der Waals surface area contributed by atoms with Crippen molar-refractivity contribution >= 4 is 29.3 Å². The van der Waals surface area contributed by atoms with E-state index in [-0.39, 0.29) is 35.0 Å². The molecule has 10 heteroatoms. The molecule has 9 nitrogen and oxygen atoms in total. The molecule has 2 fully saturated rings. The van der Waals surface area contributed by atoms with Crippen molar-refractivity contribution in [3.8, 4) is 17.2 Å². The SMILES string of the molecule is COc1ccc(CN2CCC3NC(SCC(=O)Nc4cc(OC)cc(OC)c4)NC(=O)C3C2)cc1. The van der Waals surface area contributed by atoms with Crippen LogP contribution in [0.1, 0.15) is 12.0 Å². The van der Waals surface area contributed by atoms with Crippen molar-refractivity contribution in [3.63, 3.8) is 0 Å². The summed E-state index contributed by atoms with van der Waals surface area (Å²) in [5, 5.41) is 9.39. The zero-order valence-electron chi connectivity index (χ0n) is 20.2. The van der Waals surface area contributed by atoms with Crippen molar-refractivity contribution < 1.29 is 23.8 Å². The van der Waals surface area contributed by atoms with Crippen molar-refractivity contribution in [2.45, 2.75) is 24.5 Å². The fourth-order valence-electron chi connectivity index (χ4n) is 4.42. The van der Waals surface area contributed by atoms with E-state index < -0.39 is 0 Å². The summed E-state index contributed by atoms with van der Waals surface area (Å²) in [5.74, 6) is 1.97. The molecule has 0 aliphatic carbocycles. The Bertz CT molecular complexity index is 1010. The molecule has 35 heavy (non-hydrogen) atoms. The van der Waals surface area contributed by atoms with Crippen LogP contribution in [0, 0.1) is 5.92 Å². The number of hydrogen-bond donors (Lipinski definition) is 3. The van der Waals surface area contributed by atoms with Gasteiger partial charge in [0, 0.05) is 49.6 Å². The number of likely N-dealkylation sites (tertiary alicyclic amines) is 1. The first-order valence-electron chi connectivity index (χ1n) is 11.5. The number of piperidine rings is 1. The van der Waals surface area contributed by atoms with Gasteiger partial charge in [-0.2, -0.15) is 0 Å². The number of carbonyl (C=O) groups excluding carboxylic acids is 2. The molecule has 2 aromatic rings. The molecule has 0 radical (unpaired) electrons. The smallest absolute Gasteiger partial charge is 0.234 e. The number of benzene rings is 2. The van der Waals surface area contributed by atoms with Crippen molar-refractivity contribution in [1.29, 1.82) is 0 Å². The van der Waals surface area contributed by atoms with Crippen LogP contribution in [0.5, 0.6) is 17.2 Å². The van der Waals surface area contributed by atoms with Gasteiger partial charge < -0.3 is 24.8 Å². The van der Waals surface area contributed by atoms with E-state index in [0.29, 0.717) is 23.7 Å². The third kappa shape index (κ3) is 6.59. The van der Waals surface area contributed by atoms with Crippen LogP contribution < -0.4 is 30.2 Å². The van der Waals surface area contributed by atoms with E-state index in [2.05, 4.69) is 33.0 Å². The highest BCUT2D eigenvalue weighted by atomic mass is 32.2. The van der Waals surface area contributed by atoms with Crippen molar-refractivity contribution in [2.24, 2.45) is 5.92 Å². The lowest BCUT2D eigenvalue weighted by Gasteiger charge is -2.43. The lowest BCUT2D eigenvalue weighted by atomic mass is 9.89. The van der Waals surface area contributed by atoms with Crippen LogP contribution in [0.4, 0.5) is 5.69 Å². The molecule has 2 aromatic carbocycles. The van der Waals surface area contributed by atoms with Gasteiger partial charge in [-0.3, -0.25) is 19.8 Å². The van der Waals surface area contributed by atoms with E-state index in [1.165, 1.54) is 17.3 Å². The Balaban J connectivity index is 1.25. The molecule has 3 N–H and O–H groups in total. The second kappa shape index (κ2) is 11.7. The maximum Gasteiger partial charge on any atom is 0.234 e. The van der Waals surface area contributed by atoms with Crippen LogP contribution in [0.25, 0.3) is 0 Å². The number of nitrogens with zero attached hydrogens (tertiary/aromatic N) is 1. The Kier molecular flexibility index (Phi) is 8.37. The minimum absolute atomic E-state index is 0.0311. The number of amides is 2. The van der Waals surface area contributed by atoms with E-state index >= 15 is 0 Å². The van der Waals surface area contributed by atoms with E-state index in [9.17, 15) is 9.59 Å². The minimum atomic E-state index is -0.303. The zero-order chi connectivity index (χ0) is 24.8. The van der Waals surface area contributed by atoms with Gasteiger partial charge in [0.1, 0.15) is 22.7 Å².